The minimum atomic E-state index is -1.43. The number of carbonyl (C=O) groups is 2. The average molecular weight is 316 g/mol. The Labute approximate surface area is 128 Å². The van der Waals surface area contributed by atoms with Gasteiger partial charge in [0, 0.05) is 17.6 Å². The van der Waals surface area contributed by atoms with Crippen LogP contribution >= 0.6 is 11.6 Å². The van der Waals surface area contributed by atoms with Crippen LogP contribution in [0.2, 0.25) is 5.02 Å². The minimum absolute atomic E-state index is 0.196. The summed E-state index contributed by atoms with van der Waals surface area (Å²) in [6.07, 6.45) is -0.158. The van der Waals surface area contributed by atoms with E-state index in [2.05, 4.69) is 0 Å². The summed E-state index contributed by atoms with van der Waals surface area (Å²) >= 11 is 6.04. The third-order valence-electron chi connectivity index (χ3n) is 3.07. The van der Waals surface area contributed by atoms with Gasteiger partial charge in [-0.15, -0.1) is 0 Å². The highest BCUT2D eigenvalue weighted by molar-refractivity contribution is 6.31. The number of benzene rings is 1. The SMILES string of the molecule is CN(C(=O)OC(C)(C)C)C(C)(C=O)c1cc(F)ccc1Cl. The molecule has 0 spiro atoms. The second kappa shape index (κ2) is 6.02. The summed E-state index contributed by atoms with van der Waals surface area (Å²) in [4.78, 5) is 24.8. The van der Waals surface area contributed by atoms with Crippen LogP contribution in [0, 0.1) is 5.82 Å². The number of hydrogen-bond donors (Lipinski definition) is 0. The van der Waals surface area contributed by atoms with Crippen molar-refractivity contribution in [1.82, 2.24) is 4.90 Å². The number of rotatable bonds is 3. The molecule has 0 heterocycles. The Morgan fingerprint density at radius 2 is 1.90 bits per heavy atom. The molecule has 6 heteroatoms. The third kappa shape index (κ3) is 3.94. The first-order valence-electron chi connectivity index (χ1n) is 6.40. The molecule has 0 aliphatic heterocycles. The lowest BCUT2D eigenvalue weighted by atomic mass is 9.92. The zero-order valence-corrected chi connectivity index (χ0v) is 13.5. The fraction of sp³-hybridized carbons (Fsp3) is 0.467. The van der Waals surface area contributed by atoms with Crippen molar-refractivity contribution in [2.45, 2.75) is 38.8 Å². The van der Waals surface area contributed by atoms with Crippen LogP contribution in [-0.2, 0) is 15.1 Å². The number of aldehydes is 1. The minimum Gasteiger partial charge on any atom is -0.444 e. The Morgan fingerprint density at radius 3 is 2.38 bits per heavy atom. The molecule has 1 aromatic rings. The maximum Gasteiger partial charge on any atom is 0.411 e. The molecule has 1 amide bonds. The van der Waals surface area contributed by atoms with E-state index in [4.69, 9.17) is 16.3 Å². The molecular formula is C15H19ClFNO3. The zero-order chi connectivity index (χ0) is 16.4. The smallest absolute Gasteiger partial charge is 0.411 e. The molecule has 0 radical (unpaired) electrons. The number of nitrogens with zero attached hydrogens (tertiary/aromatic N) is 1. The molecule has 1 unspecified atom stereocenters. The van der Waals surface area contributed by atoms with E-state index < -0.39 is 23.1 Å². The van der Waals surface area contributed by atoms with Gasteiger partial charge in [0.15, 0.2) is 0 Å². The van der Waals surface area contributed by atoms with Crippen molar-refractivity contribution in [1.29, 1.82) is 0 Å². The zero-order valence-electron chi connectivity index (χ0n) is 12.7. The molecule has 0 saturated carbocycles. The third-order valence-corrected chi connectivity index (χ3v) is 3.40. The van der Waals surface area contributed by atoms with Gasteiger partial charge in [-0.05, 0) is 45.9 Å². The highest BCUT2D eigenvalue weighted by atomic mass is 35.5. The predicted molar refractivity (Wildman–Crippen MR) is 78.8 cm³/mol. The van der Waals surface area contributed by atoms with E-state index in [0.717, 1.165) is 11.0 Å². The summed E-state index contributed by atoms with van der Waals surface area (Å²) in [5.74, 6) is -0.542. The van der Waals surface area contributed by atoms with Gasteiger partial charge in [0.05, 0.1) is 0 Å². The van der Waals surface area contributed by atoms with E-state index in [1.165, 1.54) is 26.1 Å². The second-order valence-electron chi connectivity index (χ2n) is 5.93. The lowest BCUT2D eigenvalue weighted by Gasteiger charge is -2.36. The highest BCUT2D eigenvalue weighted by Crippen LogP contribution is 2.32. The van der Waals surface area contributed by atoms with Gasteiger partial charge < -0.3 is 9.53 Å². The first kappa shape index (κ1) is 17.4. The Kier molecular flexibility index (Phi) is 4.99. The lowest BCUT2D eigenvalue weighted by molar-refractivity contribution is -0.117. The standard InChI is InChI=1S/C15H19ClFNO3/c1-14(2,3)21-13(20)18(5)15(4,9-19)11-8-10(17)6-7-12(11)16/h6-9H,1-5H3. The number of ether oxygens (including phenoxy) is 1. The molecular weight excluding hydrogens is 297 g/mol. The van der Waals surface area contributed by atoms with Gasteiger partial charge in [0.1, 0.15) is 23.2 Å². The molecule has 0 saturated heterocycles. The number of likely N-dealkylation sites (N-methyl/N-ethyl adjacent to an activating group) is 1. The van der Waals surface area contributed by atoms with E-state index >= 15 is 0 Å². The number of hydrogen-bond acceptors (Lipinski definition) is 3. The van der Waals surface area contributed by atoms with Crippen LogP contribution in [0.3, 0.4) is 0 Å². The largest absolute Gasteiger partial charge is 0.444 e. The Morgan fingerprint density at radius 1 is 1.33 bits per heavy atom. The van der Waals surface area contributed by atoms with Gasteiger partial charge in [0.25, 0.3) is 0 Å². The van der Waals surface area contributed by atoms with Crippen LogP contribution in [0.25, 0.3) is 0 Å². The molecule has 4 nitrogen and oxygen atoms in total. The molecule has 0 N–H and O–H groups in total. The maximum absolute atomic E-state index is 13.4. The topological polar surface area (TPSA) is 46.6 Å². The maximum atomic E-state index is 13.4. The quantitative estimate of drug-likeness (QED) is 0.798. The first-order chi connectivity index (χ1) is 9.51. The fourth-order valence-electron chi connectivity index (χ4n) is 1.73. The van der Waals surface area contributed by atoms with Crippen molar-refractivity contribution in [3.05, 3.63) is 34.6 Å². The molecule has 0 aromatic heterocycles. The van der Waals surface area contributed by atoms with Crippen LogP contribution in [0.5, 0.6) is 0 Å². The van der Waals surface area contributed by atoms with Crippen molar-refractivity contribution >= 4 is 24.0 Å². The van der Waals surface area contributed by atoms with E-state index in [9.17, 15) is 14.0 Å². The Bertz CT molecular complexity index is 556. The molecule has 1 aromatic carbocycles. The van der Waals surface area contributed by atoms with Crippen molar-refractivity contribution in [3.63, 3.8) is 0 Å². The Hall–Kier alpha value is -1.62. The van der Waals surface area contributed by atoms with Gasteiger partial charge in [-0.3, -0.25) is 4.90 Å². The molecule has 0 aliphatic rings. The molecule has 0 bridgehead atoms. The molecule has 0 aliphatic carbocycles. The number of halogens is 2. The summed E-state index contributed by atoms with van der Waals surface area (Å²) in [6, 6.07) is 3.67. The number of amides is 1. The lowest BCUT2D eigenvalue weighted by Crippen LogP contribution is -2.48. The van der Waals surface area contributed by atoms with Gasteiger partial charge in [-0.25, -0.2) is 9.18 Å². The van der Waals surface area contributed by atoms with Crippen molar-refractivity contribution < 1.29 is 18.7 Å². The normalized spacial score (nSPS) is 14.2. The van der Waals surface area contributed by atoms with E-state index in [-0.39, 0.29) is 10.6 Å². The van der Waals surface area contributed by atoms with E-state index in [1.54, 1.807) is 20.8 Å². The molecule has 116 valence electrons. The second-order valence-corrected chi connectivity index (χ2v) is 6.34. The van der Waals surface area contributed by atoms with Gasteiger partial charge in [-0.1, -0.05) is 11.6 Å². The summed E-state index contributed by atoms with van der Waals surface area (Å²) in [7, 11) is 1.41. The van der Waals surface area contributed by atoms with Crippen LogP contribution in [0.15, 0.2) is 18.2 Å². The fourth-order valence-corrected chi connectivity index (χ4v) is 2.04. The van der Waals surface area contributed by atoms with Crippen molar-refractivity contribution in [2.24, 2.45) is 0 Å². The monoisotopic (exact) mass is 315 g/mol. The van der Waals surface area contributed by atoms with E-state index in [1.807, 2.05) is 0 Å². The summed E-state index contributed by atoms with van der Waals surface area (Å²) in [5.41, 5.74) is -1.94. The van der Waals surface area contributed by atoms with Crippen LogP contribution < -0.4 is 0 Å². The predicted octanol–water partition coefficient (Wildman–Crippen LogP) is 3.76. The van der Waals surface area contributed by atoms with Crippen LogP contribution in [0.4, 0.5) is 9.18 Å². The molecule has 1 atom stereocenters. The van der Waals surface area contributed by atoms with Crippen molar-refractivity contribution in [3.8, 4) is 0 Å². The summed E-state index contributed by atoms with van der Waals surface area (Å²) in [6.45, 7) is 6.62. The van der Waals surface area contributed by atoms with Gasteiger partial charge in [0.2, 0.25) is 0 Å². The molecule has 0 fully saturated rings. The summed E-state index contributed by atoms with van der Waals surface area (Å²) < 4.78 is 18.7. The van der Waals surface area contributed by atoms with Crippen molar-refractivity contribution in [2.75, 3.05) is 7.05 Å². The summed E-state index contributed by atoms with van der Waals surface area (Å²) in [5, 5.41) is 0.196. The van der Waals surface area contributed by atoms with Crippen LogP contribution in [-0.4, -0.2) is 29.9 Å². The van der Waals surface area contributed by atoms with Gasteiger partial charge in [-0.2, -0.15) is 0 Å². The Balaban J connectivity index is 3.23. The molecule has 1 rings (SSSR count). The van der Waals surface area contributed by atoms with Gasteiger partial charge >= 0.3 is 6.09 Å². The van der Waals surface area contributed by atoms with E-state index in [0.29, 0.717) is 6.29 Å². The van der Waals surface area contributed by atoms with Crippen LogP contribution in [0.1, 0.15) is 33.3 Å². The first-order valence-corrected chi connectivity index (χ1v) is 6.78. The average Bonchev–Trinajstić information content (AvgIpc) is 2.37. The molecule has 21 heavy (non-hydrogen) atoms. The highest BCUT2D eigenvalue weighted by Gasteiger charge is 2.38. The number of carbonyl (C=O) groups excluding carboxylic acids is 2.